The summed E-state index contributed by atoms with van der Waals surface area (Å²) in [5.74, 6) is 0.646. The number of carbonyl (C=O) groups excluding carboxylic acids is 1. The van der Waals surface area contributed by atoms with E-state index in [1.165, 1.54) is 0 Å². The van der Waals surface area contributed by atoms with E-state index < -0.39 is 6.04 Å². The Hall–Kier alpha value is -1.61. The van der Waals surface area contributed by atoms with E-state index in [0.717, 1.165) is 11.0 Å². The van der Waals surface area contributed by atoms with Crippen LogP contribution in [0.25, 0.3) is 11.0 Å². The molecule has 0 saturated carbocycles. The van der Waals surface area contributed by atoms with E-state index in [-0.39, 0.29) is 5.78 Å². The number of fused-ring (bicyclic) bond motifs is 1. The van der Waals surface area contributed by atoms with Gasteiger partial charge in [-0.1, -0.05) is 32.0 Å². The lowest BCUT2D eigenvalue weighted by Crippen LogP contribution is -2.31. The average Bonchev–Trinajstić information content (AvgIpc) is 2.70. The maximum atomic E-state index is 12.0. The number of furan rings is 1. The number of carbonyl (C=O) groups is 1. The summed E-state index contributed by atoms with van der Waals surface area (Å²) in [6, 6.07) is 8.85. The van der Waals surface area contributed by atoms with E-state index in [1.807, 2.05) is 38.1 Å². The van der Waals surface area contributed by atoms with Crippen LogP contribution in [0.15, 0.2) is 34.7 Å². The first-order valence-electron chi connectivity index (χ1n) is 5.86. The molecule has 2 rings (SSSR count). The van der Waals surface area contributed by atoms with Crippen LogP contribution in [0.4, 0.5) is 0 Å². The highest BCUT2D eigenvalue weighted by atomic mass is 16.3. The lowest BCUT2D eigenvalue weighted by atomic mass is 10.00. The van der Waals surface area contributed by atoms with E-state index >= 15 is 0 Å². The molecule has 0 aliphatic carbocycles. The number of Topliss-reactive ketones (excluding diaryl/α,β-unsaturated/α-hetero) is 1. The van der Waals surface area contributed by atoms with E-state index in [9.17, 15) is 4.79 Å². The van der Waals surface area contributed by atoms with E-state index in [0.29, 0.717) is 18.1 Å². The van der Waals surface area contributed by atoms with Crippen molar-refractivity contribution < 1.29 is 9.21 Å². The number of para-hydroxylation sites is 1. The van der Waals surface area contributed by atoms with Crippen molar-refractivity contribution in [2.24, 2.45) is 11.7 Å². The van der Waals surface area contributed by atoms with Crippen molar-refractivity contribution in [1.29, 1.82) is 0 Å². The third-order valence-electron chi connectivity index (χ3n) is 2.73. The predicted octanol–water partition coefficient (Wildman–Crippen LogP) is 2.99. The van der Waals surface area contributed by atoms with Gasteiger partial charge >= 0.3 is 0 Å². The number of hydrogen-bond acceptors (Lipinski definition) is 3. The Morgan fingerprint density at radius 2 is 2.06 bits per heavy atom. The molecule has 17 heavy (non-hydrogen) atoms. The maximum absolute atomic E-state index is 12.0. The zero-order valence-corrected chi connectivity index (χ0v) is 10.1. The molecule has 0 amide bonds. The zero-order chi connectivity index (χ0) is 12.4. The van der Waals surface area contributed by atoms with Crippen LogP contribution in [0, 0.1) is 5.92 Å². The third-order valence-corrected chi connectivity index (χ3v) is 2.73. The van der Waals surface area contributed by atoms with Crippen molar-refractivity contribution in [2.45, 2.75) is 26.3 Å². The normalized spacial score (nSPS) is 13.2. The van der Waals surface area contributed by atoms with Gasteiger partial charge in [0.1, 0.15) is 5.58 Å². The van der Waals surface area contributed by atoms with Crippen LogP contribution in [0.1, 0.15) is 30.8 Å². The Morgan fingerprint density at radius 1 is 1.35 bits per heavy atom. The van der Waals surface area contributed by atoms with Crippen molar-refractivity contribution in [3.05, 3.63) is 36.1 Å². The summed E-state index contributed by atoms with van der Waals surface area (Å²) >= 11 is 0. The van der Waals surface area contributed by atoms with E-state index in [2.05, 4.69) is 0 Å². The van der Waals surface area contributed by atoms with E-state index in [1.54, 1.807) is 6.07 Å². The smallest absolute Gasteiger partial charge is 0.214 e. The second kappa shape index (κ2) is 4.72. The summed E-state index contributed by atoms with van der Waals surface area (Å²) in [5.41, 5.74) is 6.59. The van der Waals surface area contributed by atoms with Crippen molar-refractivity contribution in [3.63, 3.8) is 0 Å². The van der Waals surface area contributed by atoms with Crippen molar-refractivity contribution in [2.75, 3.05) is 0 Å². The van der Waals surface area contributed by atoms with Gasteiger partial charge in [0.25, 0.3) is 0 Å². The Kier molecular flexibility index (Phi) is 3.29. The lowest BCUT2D eigenvalue weighted by molar-refractivity contribution is 0.0925. The standard InChI is InChI=1S/C14H17NO2/c1-9(2)7-11(15)14(16)13-8-10-5-3-4-6-12(10)17-13/h3-6,8-9,11H,7,15H2,1-2H3. The van der Waals surface area contributed by atoms with Gasteiger partial charge in [-0.15, -0.1) is 0 Å². The van der Waals surface area contributed by atoms with Crippen LogP contribution in [-0.4, -0.2) is 11.8 Å². The fraction of sp³-hybridized carbons (Fsp3) is 0.357. The van der Waals surface area contributed by atoms with Gasteiger partial charge in [0, 0.05) is 5.39 Å². The fourth-order valence-electron chi connectivity index (χ4n) is 1.90. The molecule has 1 unspecified atom stereocenters. The number of rotatable bonds is 4. The van der Waals surface area contributed by atoms with Crippen LogP contribution in [-0.2, 0) is 0 Å². The number of hydrogen-bond donors (Lipinski definition) is 1. The summed E-state index contributed by atoms with van der Waals surface area (Å²) in [5, 5.41) is 0.938. The Morgan fingerprint density at radius 3 is 2.71 bits per heavy atom. The summed E-state index contributed by atoms with van der Waals surface area (Å²) in [6.07, 6.45) is 0.676. The van der Waals surface area contributed by atoms with Gasteiger partial charge in [0.15, 0.2) is 5.76 Å². The Bertz CT molecular complexity index is 495. The van der Waals surface area contributed by atoms with Gasteiger partial charge in [-0.05, 0) is 24.5 Å². The van der Waals surface area contributed by atoms with Gasteiger partial charge in [-0.3, -0.25) is 4.79 Å². The fourth-order valence-corrected chi connectivity index (χ4v) is 1.90. The molecule has 90 valence electrons. The quantitative estimate of drug-likeness (QED) is 0.823. The van der Waals surface area contributed by atoms with Crippen molar-refractivity contribution >= 4 is 16.8 Å². The highest BCUT2D eigenvalue weighted by molar-refractivity contribution is 6.00. The topological polar surface area (TPSA) is 56.2 Å². The summed E-state index contributed by atoms with van der Waals surface area (Å²) in [4.78, 5) is 12.0. The number of nitrogens with two attached hydrogens (primary N) is 1. The zero-order valence-electron chi connectivity index (χ0n) is 10.1. The van der Waals surface area contributed by atoms with Gasteiger partial charge in [-0.25, -0.2) is 0 Å². The molecule has 0 bridgehead atoms. The van der Waals surface area contributed by atoms with Crippen LogP contribution in [0.3, 0.4) is 0 Å². The molecular formula is C14H17NO2. The molecular weight excluding hydrogens is 214 g/mol. The van der Waals surface area contributed by atoms with Gasteiger partial charge in [0.05, 0.1) is 6.04 Å². The molecule has 3 heteroatoms. The number of ketones is 1. The number of benzene rings is 1. The molecule has 3 nitrogen and oxygen atoms in total. The monoisotopic (exact) mass is 231 g/mol. The average molecular weight is 231 g/mol. The predicted molar refractivity (Wildman–Crippen MR) is 68.0 cm³/mol. The lowest BCUT2D eigenvalue weighted by Gasteiger charge is -2.10. The SMILES string of the molecule is CC(C)CC(N)C(=O)c1cc2ccccc2o1. The van der Waals surface area contributed by atoms with E-state index in [4.69, 9.17) is 10.2 Å². The molecule has 0 saturated heterocycles. The molecule has 2 aromatic rings. The molecule has 1 atom stereocenters. The summed E-state index contributed by atoms with van der Waals surface area (Å²) in [6.45, 7) is 4.09. The molecule has 0 fully saturated rings. The van der Waals surface area contributed by atoms with Gasteiger partial charge in [0.2, 0.25) is 5.78 Å². The highest BCUT2D eigenvalue weighted by Crippen LogP contribution is 2.20. The molecule has 1 aromatic heterocycles. The largest absolute Gasteiger partial charge is 0.453 e. The molecule has 0 spiro atoms. The third kappa shape index (κ3) is 2.56. The van der Waals surface area contributed by atoms with Crippen molar-refractivity contribution in [3.8, 4) is 0 Å². The molecule has 0 aliphatic heterocycles. The second-order valence-corrected chi connectivity index (χ2v) is 4.75. The second-order valence-electron chi connectivity index (χ2n) is 4.75. The Labute approximate surface area is 101 Å². The molecule has 0 aliphatic rings. The minimum absolute atomic E-state index is 0.116. The minimum Gasteiger partial charge on any atom is -0.453 e. The van der Waals surface area contributed by atoms with Crippen LogP contribution in [0.2, 0.25) is 0 Å². The molecule has 1 heterocycles. The first-order valence-corrected chi connectivity index (χ1v) is 5.86. The van der Waals surface area contributed by atoms with Crippen LogP contribution in [0.5, 0.6) is 0 Å². The molecule has 1 aromatic carbocycles. The minimum atomic E-state index is -0.476. The maximum Gasteiger partial charge on any atom is 0.214 e. The van der Waals surface area contributed by atoms with Crippen LogP contribution < -0.4 is 5.73 Å². The Balaban J connectivity index is 2.24. The summed E-state index contributed by atoms with van der Waals surface area (Å²) in [7, 11) is 0. The molecule has 0 radical (unpaired) electrons. The first kappa shape index (κ1) is 11.9. The van der Waals surface area contributed by atoms with Crippen LogP contribution >= 0.6 is 0 Å². The summed E-state index contributed by atoms with van der Waals surface area (Å²) < 4.78 is 5.50. The first-order chi connectivity index (χ1) is 8.08. The van der Waals surface area contributed by atoms with Crippen molar-refractivity contribution in [1.82, 2.24) is 0 Å². The highest BCUT2D eigenvalue weighted by Gasteiger charge is 2.20. The molecule has 2 N–H and O–H groups in total. The van der Waals surface area contributed by atoms with Gasteiger partial charge < -0.3 is 10.2 Å². The van der Waals surface area contributed by atoms with Gasteiger partial charge in [-0.2, -0.15) is 0 Å².